The lowest BCUT2D eigenvalue weighted by Gasteiger charge is -2.27. The first-order valence-electron chi connectivity index (χ1n) is 13.5. The zero-order valence-corrected chi connectivity index (χ0v) is 23.2. The molecule has 1 aliphatic rings. The van der Waals surface area contributed by atoms with Crippen molar-refractivity contribution in [2.75, 3.05) is 20.2 Å². The van der Waals surface area contributed by atoms with Crippen LogP contribution in [0.25, 0.3) is 11.1 Å². The topological polar surface area (TPSA) is 108 Å². The van der Waals surface area contributed by atoms with Crippen molar-refractivity contribution < 1.29 is 24.2 Å². The van der Waals surface area contributed by atoms with Crippen LogP contribution in [-0.4, -0.2) is 59.8 Å². The van der Waals surface area contributed by atoms with Crippen molar-refractivity contribution in [2.24, 2.45) is 0 Å². The van der Waals surface area contributed by atoms with Crippen LogP contribution in [0.2, 0.25) is 0 Å². The first-order chi connectivity index (χ1) is 19.1. The zero-order valence-electron chi connectivity index (χ0n) is 23.2. The molecule has 3 aromatic carbocycles. The van der Waals surface area contributed by atoms with E-state index in [1.54, 1.807) is 0 Å². The van der Waals surface area contributed by atoms with Gasteiger partial charge in [0.05, 0.1) is 0 Å². The fraction of sp³-hybridized carbons (Fsp3) is 0.344. The Hall–Kier alpha value is -4.17. The van der Waals surface area contributed by atoms with Crippen LogP contribution >= 0.6 is 0 Å². The summed E-state index contributed by atoms with van der Waals surface area (Å²) in [6.45, 7) is 4.55. The molecule has 0 aromatic heterocycles. The number of amides is 2. The van der Waals surface area contributed by atoms with Crippen molar-refractivity contribution in [3.05, 3.63) is 95.6 Å². The maximum absolute atomic E-state index is 12.7. The molecule has 2 amide bonds. The largest absolute Gasteiger partial charge is 0.480 e. The Kier molecular flexibility index (Phi) is 9.22. The summed E-state index contributed by atoms with van der Waals surface area (Å²) in [5.74, 6) is -1.52. The third kappa shape index (κ3) is 7.48. The predicted molar refractivity (Wildman–Crippen MR) is 154 cm³/mol. The van der Waals surface area contributed by atoms with Gasteiger partial charge in [-0.1, -0.05) is 78.9 Å². The van der Waals surface area contributed by atoms with Gasteiger partial charge < -0.3 is 20.5 Å². The first-order valence-corrected chi connectivity index (χ1v) is 13.5. The number of likely N-dealkylation sites (N-methyl/N-ethyl adjacent to an activating group) is 1. The summed E-state index contributed by atoms with van der Waals surface area (Å²) in [6.07, 6.45) is -0.184. The minimum absolute atomic E-state index is 0.0417. The summed E-state index contributed by atoms with van der Waals surface area (Å²) in [6, 6.07) is 25.0. The summed E-state index contributed by atoms with van der Waals surface area (Å²) < 4.78 is 5.64. The van der Waals surface area contributed by atoms with Crippen LogP contribution in [0, 0.1) is 0 Å². The van der Waals surface area contributed by atoms with Gasteiger partial charge in [0.15, 0.2) is 0 Å². The highest BCUT2D eigenvalue weighted by molar-refractivity contribution is 5.84. The number of hydrogen-bond donors (Lipinski definition) is 3. The first kappa shape index (κ1) is 28.8. The minimum Gasteiger partial charge on any atom is -0.480 e. The summed E-state index contributed by atoms with van der Waals surface area (Å²) >= 11 is 0. The number of ether oxygens (including phenoxy) is 1. The fourth-order valence-electron chi connectivity index (χ4n) is 5.12. The van der Waals surface area contributed by atoms with Crippen LogP contribution in [0.5, 0.6) is 0 Å². The van der Waals surface area contributed by atoms with E-state index in [0.29, 0.717) is 13.0 Å². The Morgan fingerprint density at radius 2 is 1.50 bits per heavy atom. The lowest BCUT2D eigenvalue weighted by atomic mass is 9.98. The molecular weight excluding hydrogens is 506 g/mol. The summed E-state index contributed by atoms with van der Waals surface area (Å²) in [4.78, 5) is 39.0. The molecule has 0 heterocycles. The summed E-state index contributed by atoms with van der Waals surface area (Å²) in [5, 5.41) is 15.1. The van der Waals surface area contributed by atoms with Crippen molar-refractivity contribution in [1.82, 2.24) is 15.5 Å². The smallest absolute Gasteiger partial charge is 0.407 e. The molecule has 3 N–H and O–H groups in total. The van der Waals surface area contributed by atoms with E-state index < -0.39 is 23.6 Å². The van der Waals surface area contributed by atoms with Gasteiger partial charge in [-0.3, -0.25) is 9.69 Å². The average Bonchev–Trinajstić information content (AvgIpc) is 3.24. The van der Waals surface area contributed by atoms with Gasteiger partial charge in [-0.25, -0.2) is 9.59 Å². The number of benzene rings is 3. The van der Waals surface area contributed by atoms with Crippen molar-refractivity contribution >= 4 is 18.0 Å². The number of carboxylic acids is 1. The number of carbonyl (C=O) groups is 3. The number of hydrogen-bond acceptors (Lipinski definition) is 5. The van der Waals surface area contributed by atoms with E-state index in [-0.39, 0.29) is 31.4 Å². The molecule has 1 unspecified atom stereocenters. The second kappa shape index (κ2) is 12.8. The lowest BCUT2D eigenvalue weighted by molar-refractivity contribution is -0.142. The number of rotatable bonds is 12. The lowest BCUT2D eigenvalue weighted by Crippen LogP contribution is -2.49. The number of aliphatic carboxylic acids is 1. The Bertz CT molecular complexity index is 1300. The van der Waals surface area contributed by atoms with Crippen molar-refractivity contribution in [3.63, 3.8) is 0 Å². The number of carboxylic acid groups (broad SMARTS) is 1. The molecule has 0 radical (unpaired) electrons. The minimum atomic E-state index is -1.09. The monoisotopic (exact) mass is 543 g/mol. The van der Waals surface area contributed by atoms with Crippen LogP contribution in [0.4, 0.5) is 4.79 Å². The van der Waals surface area contributed by atoms with Crippen LogP contribution in [0.15, 0.2) is 78.9 Å². The van der Waals surface area contributed by atoms with Gasteiger partial charge in [0.25, 0.3) is 0 Å². The van der Waals surface area contributed by atoms with Gasteiger partial charge in [-0.05, 0) is 55.1 Å². The highest BCUT2D eigenvalue weighted by Crippen LogP contribution is 2.44. The third-order valence-electron chi connectivity index (χ3n) is 7.18. The number of fused-ring (bicyclic) bond motifs is 3. The molecule has 8 nitrogen and oxygen atoms in total. The highest BCUT2D eigenvalue weighted by atomic mass is 16.5. The Morgan fingerprint density at radius 3 is 2.10 bits per heavy atom. The maximum atomic E-state index is 12.7. The van der Waals surface area contributed by atoms with Gasteiger partial charge >= 0.3 is 12.1 Å². The molecule has 0 saturated heterocycles. The molecule has 210 valence electrons. The zero-order chi connectivity index (χ0) is 28.7. The number of carbonyl (C=O) groups excluding carboxylic acids is 2. The number of nitrogens with one attached hydrogen (secondary N) is 2. The van der Waals surface area contributed by atoms with Gasteiger partial charge in [0.1, 0.15) is 12.6 Å². The molecule has 1 aliphatic carbocycles. The SMILES string of the molecule is CN(Cc1ccccc1)CC(NC(=O)CCC(C)(C)NC(=O)OCC1c2ccccc2-c2ccccc21)C(=O)O. The van der Waals surface area contributed by atoms with Crippen LogP contribution in [0.1, 0.15) is 49.3 Å². The van der Waals surface area contributed by atoms with Gasteiger partial charge in [0, 0.05) is 31.0 Å². The average molecular weight is 544 g/mol. The third-order valence-corrected chi connectivity index (χ3v) is 7.18. The fourth-order valence-corrected chi connectivity index (χ4v) is 5.12. The van der Waals surface area contributed by atoms with E-state index in [4.69, 9.17) is 4.74 Å². The Balaban J connectivity index is 1.24. The second-order valence-electron chi connectivity index (χ2n) is 11.0. The van der Waals surface area contributed by atoms with E-state index in [1.165, 1.54) is 0 Å². The molecule has 8 heteroatoms. The Morgan fingerprint density at radius 1 is 0.925 bits per heavy atom. The molecule has 1 atom stereocenters. The van der Waals surface area contributed by atoms with Gasteiger partial charge in [-0.2, -0.15) is 0 Å². The molecule has 4 rings (SSSR count). The maximum Gasteiger partial charge on any atom is 0.407 e. The highest BCUT2D eigenvalue weighted by Gasteiger charge is 2.30. The molecule has 0 saturated carbocycles. The van der Waals surface area contributed by atoms with E-state index in [9.17, 15) is 19.5 Å². The van der Waals surface area contributed by atoms with Gasteiger partial charge in [0.2, 0.25) is 5.91 Å². The number of alkyl carbamates (subject to hydrolysis) is 1. The van der Waals surface area contributed by atoms with E-state index in [1.807, 2.05) is 80.4 Å². The molecule has 0 spiro atoms. The van der Waals surface area contributed by atoms with Gasteiger partial charge in [-0.15, -0.1) is 0 Å². The van der Waals surface area contributed by atoms with Crippen LogP contribution < -0.4 is 10.6 Å². The van der Waals surface area contributed by atoms with Crippen LogP contribution in [-0.2, 0) is 20.9 Å². The molecular formula is C32H37N3O5. The van der Waals surface area contributed by atoms with E-state index >= 15 is 0 Å². The van der Waals surface area contributed by atoms with Crippen molar-refractivity contribution in [3.8, 4) is 11.1 Å². The summed E-state index contributed by atoms with van der Waals surface area (Å²) in [5.41, 5.74) is 4.91. The Labute approximate surface area is 235 Å². The molecule has 3 aromatic rings. The van der Waals surface area contributed by atoms with Crippen molar-refractivity contribution in [1.29, 1.82) is 0 Å². The normalized spacial score (nSPS) is 13.3. The quantitative estimate of drug-likeness (QED) is 0.303. The second-order valence-corrected chi connectivity index (χ2v) is 11.0. The standard InChI is InChI=1S/C32H37N3O5/c1-32(2,18-17-29(36)33-28(30(37)38)20-35(3)19-22-11-5-4-6-12-22)34-31(39)40-21-27-25-15-9-7-13-23(25)24-14-8-10-16-26(24)27/h4-16,27-28H,17-21H2,1-3H3,(H,33,36)(H,34,39)(H,37,38). The van der Waals surface area contributed by atoms with Crippen molar-refractivity contribution in [2.45, 2.75) is 50.7 Å². The molecule has 0 bridgehead atoms. The van der Waals surface area contributed by atoms with Crippen LogP contribution in [0.3, 0.4) is 0 Å². The summed E-state index contributed by atoms with van der Waals surface area (Å²) in [7, 11) is 1.82. The van der Waals surface area contributed by atoms with E-state index in [2.05, 4.69) is 34.9 Å². The van der Waals surface area contributed by atoms with E-state index in [0.717, 1.165) is 27.8 Å². The molecule has 40 heavy (non-hydrogen) atoms. The number of nitrogens with zero attached hydrogens (tertiary/aromatic N) is 1. The molecule has 0 aliphatic heterocycles. The molecule has 0 fully saturated rings. The predicted octanol–water partition coefficient (Wildman–Crippen LogP) is 4.79.